The zero-order valence-corrected chi connectivity index (χ0v) is 22.2. The van der Waals surface area contributed by atoms with E-state index in [1.807, 2.05) is 0 Å². The number of hydrogen-bond donors (Lipinski definition) is 0. The van der Waals surface area contributed by atoms with Crippen LogP contribution in [0.1, 0.15) is 33.8 Å². The number of carbonyl (C=O) groups excluding carboxylic acids is 2. The maximum absolute atomic E-state index is 14.1. The fourth-order valence-corrected chi connectivity index (χ4v) is 6.11. The number of fused-ring (bicyclic) bond motifs is 3. The number of nitrogens with zero attached hydrogens (tertiary/aromatic N) is 1. The van der Waals surface area contributed by atoms with Crippen molar-refractivity contribution in [2.24, 2.45) is 5.92 Å². The molecule has 1 aliphatic heterocycles. The van der Waals surface area contributed by atoms with Crippen molar-refractivity contribution in [2.45, 2.75) is 17.2 Å². The van der Waals surface area contributed by atoms with E-state index < -0.39 is 49.5 Å². The predicted octanol–water partition coefficient (Wildman–Crippen LogP) is 3.06. The van der Waals surface area contributed by atoms with Crippen molar-refractivity contribution in [1.82, 2.24) is 0 Å². The number of anilines is 1. The third-order valence-electron chi connectivity index (χ3n) is 6.04. The second-order valence-electron chi connectivity index (χ2n) is 8.60. The van der Waals surface area contributed by atoms with Crippen LogP contribution >= 0.6 is 0 Å². The van der Waals surface area contributed by atoms with Crippen LogP contribution in [0.2, 0.25) is 0 Å². The smallest absolute Gasteiger partial charge is 0.428 e. The number of benzene rings is 2. The molecule has 2 aromatic rings. The van der Waals surface area contributed by atoms with Crippen molar-refractivity contribution in [3.8, 4) is 5.75 Å². The molecule has 0 saturated heterocycles. The third-order valence-corrected chi connectivity index (χ3v) is 8.36. The number of hydrogen-bond acceptors (Lipinski definition) is 10. The lowest BCUT2D eigenvalue weighted by molar-refractivity contribution is 0.0596. The van der Waals surface area contributed by atoms with E-state index in [1.165, 1.54) is 6.07 Å². The summed E-state index contributed by atoms with van der Waals surface area (Å²) in [6, 6.07) is 5.56. The molecule has 1 fully saturated rings. The largest absolute Gasteiger partial charge is 0.492 e. The zero-order valence-electron chi connectivity index (χ0n) is 20.5. The Hall–Kier alpha value is -3.49. The van der Waals surface area contributed by atoms with Crippen LogP contribution in [0.5, 0.6) is 5.75 Å². The molecule has 0 aromatic heterocycles. The summed E-state index contributed by atoms with van der Waals surface area (Å²) in [4.78, 5) is 25.3. The maximum Gasteiger partial charge on any atom is 0.428 e. The first kappa shape index (κ1) is 27.5. The lowest BCUT2D eigenvalue weighted by Gasteiger charge is -2.27. The lowest BCUT2D eigenvalue weighted by atomic mass is 10.00. The summed E-state index contributed by atoms with van der Waals surface area (Å²) in [5, 5.41) is 0. The summed E-state index contributed by atoms with van der Waals surface area (Å²) >= 11 is 0. The summed E-state index contributed by atoms with van der Waals surface area (Å²) in [6.45, 7) is -0.134. The number of sulfonamides is 1. The van der Waals surface area contributed by atoms with E-state index in [-0.39, 0.29) is 32.8 Å². The first-order valence-corrected chi connectivity index (χ1v) is 14.5. The second-order valence-corrected chi connectivity index (χ2v) is 12.0. The van der Waals surface area contributed by atoms with Crippen LogP contribution in [0.3, 0.4) is 0 Å². The number of rotatable bonds is 8. The van der Waals surface area contributed by atoms with Gasteiger partial charge in [-0.2, -0.15) is 12.7 Å². The van der Waals surface area contributed by atoms with Crippen LogP contribution in [0, 0.1) is 11.7 Å². The van der Waals surface area contributed by atoms with E-state index >= 15 is 0 Å². The molecule has 1 saturated carbocycles. The number of ether oxygens (including phenoxy) is 3. The first-order valence-electron chi connectivity index (χ1n) is 11.2. The Morgan fingerprint density at radius 1 is 1.13 bits per heavy atom. The molecule has 0 unspecified atom stereocenters. The van der Waals surface area contributed by atoms with Gasteiger partial charge in [-0.1, -0.05) is 18.2 Å². The number of halogens is 1. The van der Waals surface area contributed by atoms with Gasteiger partial charge >= 0.3 is 12.1 Å². The Kier molecular flexibility index (Phi) is 7.50. The van der Waals surface area contributed by atoms with Gasteiger partial charge in [-0.05, 0) is 47.7 Å². The summed E-state index contributed by atoms with van der Waals surface area (Å²) in [6.07, 6.45) is 2.62. The van der Waals surface area contributed by atoms with Gasteiger partial charge in [0, 0.05) is 5.92 Å². The van der Waals surface area contributed by atoms with Gasteiger partial charge in [0.05, 0.1) is 44.3 Å². The monoisotopic (exact) mass is 569 g/mol. The maximum atomic E-state index is 14.1. The van der Waals surface area contributed by atoms with Crippen molar-refractivity contribution >= 4 is 44.0 Å². The zero-order chi connectivity index (χ0) is 27.8. The van der Waals surface area contributed by atoms with Crippen LogP contribution in [0.15, 0.2) is 41.3 Å². The van der Waals surface area contributed by atoms with E-state index in [9.17, 15) is 30.8 Å². The number of amides is 1. The van der Waals surface area contributed by atoms with Crippen LogP contribution in [0.4, 0.5) is 14.9 Å². The van der Waals surface area contributed by atoms with Crippen LogP contribution in [-0.4, -0.2) is 62.6 Å². The van der Waals surface area contributed by atoms with Gasteiger partial charge in [0.1, 0.15) is 17.1 Å². The van der Waals surface area contributed by atoms with Crippen LogP contribution < -0.4 is 9.04 Å². The predicted molar refractivity (Wildman–Crippen MR) is 132 cm³/mol. The van der Waals surface area contributed by atoms with Crippen molar-refractivity contribution in [1.29, 1.82) is 0 Å². The molecule has 38 heavy (non-hydrogen) atoms. The molecular formula is C24H24FNO10S2. The summed E-state index contributed by atoms with van der Waals surface area (Å²) < 4.78 is 84.6. The molecule has 1 amide bonds. The van der Waals surface area contributed by atoms with Crippen LogP contribution in [0.25, 0.3) is 6.08 Å². The van der Waals surface area contributed by atoms with E-state index in [0.717, 1.165) is 57.2 Å². The van der Waals surface area contributed by atoms with Gasteiger partial charge in [-0.15, -0.1) is 0 Å². The van der Waals surface area contributed by atoms with E-state index in [1.54, 1.807) is 6.07 Å². The summed E-state index contributed by atoms with van der Waals surface area (Å²) in [5.41, 5.74) is -0.166. The number of methoxy groups -OCH3 is 2. The fraction of sp³-hybridized carbons (Fsp3) is 0.333. The minimum Gasteiger partial charge on any atom is -0.492 e. The summed E-state index contributed by atoms with van der Waals surface area (Å²) in [5.74, 6) is -1.18. The number of carbonyl (C=O) groups is 2. The Balaban J connectivity index is 1.86. The Bertz CT molecular complexity index is 1540. The third kappa shape index (κ3) is 5.37. The normalized spacial score (nSPS) is 18.2. The van der Waals surface area contributed by atoms with Crippen LogP contribution in [-0.2, 0) is 33.8 Å². The Labute approximate surface area is 218 Å². The second kappa shape index (κ2) is 10.3. The van der Waals surface area contributed by atoms with Gasteiger partial charge < -0.3 is 14.2 Å². The quantitative estimate of drug-likeness (QED) is 0.344. The molecule has 0 bridgehead atoms. The molecule has 11 nitrogen and oxygen atoms in total. The Morgan fingerprint density at radius 2 is 1.87 bits per heavy atom. The average Bonchev–Trinajstić information content (AvgIpc) is 3.65. The Morgan fingerprint density at radius 3 is 2.53 bits per heavy atom. The van der Waals surface area contributed by atoms with Crippen molar-refractivity contribution in [2.75, 3.05) is 38.0 Å². The summed E-state index contributed by atoms with van der Waals surface area (Å²) in [7, 11) is -6.57. The number of esters is 1. The minimum atomic E-state index is -4.85. The van der Waals surface area contributed by atoms with Gasteiger partial charge in [-0.3, -0.25) is 4.18 Å². The molecule has 2 aromatic carbocycles. The standard InChI is InChI=1S/C24H24FNO10S2/c1-33-23(27)21-19(8-7-17-18-12-15(18)13-35-22(17)21)26(24(28)34-2)38(31,32)20-9-6-16(25)11-14(20)5-4-10-36-37(3,29)30/h4-9,11,15,18H,10,12-13H2,1-3H3/b5-4-/t15-,18-/m0/s1. The molecule has 204 valence electrons. The molecule has 4 rings (SSSR count). The molecule has 1 aliphatic carbocycles. The van der Waals surface area contributed by atoms with Crippen molar-refractivity contribution in [3.05, 3.63) is 58.9 Å². The van der Waals surface area contributed by atoms with E-state index in [0.29, 0.717) is 18.1 Å². The van der Waals surface area contributed by atoms with E-state index in [2.05, 4.69) is 4.18 Å². The lowest BCUT2D eigenvalue weighted by Crippen LogP contribution is -2.38. The molecule has 1 heterocycles. The molecule has 0 N–H and O–H groups in total. The van der Waals surface area contributed by atoms with Gasteiger partial charge in [0.2, 0.25) is 0 Å². The topological polar surface area (TPSA) is 143 Å². The molecule has 2 atom stereocenters. The van der Waals surface area contributed by atoms with Crippen molar-refractivity contribution in [3.63, 3.8) is 0 Å². The molecule has 14 heteroatoms. The SMILES string of the molecule is COC(=O)c1c(N(C(=O)OC)S(=O)(=O)c2ccc(F)cc2/C=C\COS(C)(=O)=O)ccc2c1OC[C@@H]1C[C@H]21. The average molecular weight is 570 g/mol. The molecule has 0 radical (unpaired) electrons. The fourth-order valence-electron chi connectivity index (χ4n) is 4.24. The van der Waals surface area contributed by atoms with Crippen molar-refractivity contribution < 1.29 is 49.2 Å². The van der Waals surface area contributed by atoms with E-state index in [4.69, 9.17) is 14.2 Å². The highest BCUT2D eigenvalue weighted by molar-refractivity contribution is 7.93. The first-order chi connectivity index (χ1) is 17.9. The molecular weight excluding hydrogens is 545 g/mol. The highest BCUT2D eigenvalue weighted by Crippen LogP contribution is 2.55. The van der Waals surface area contributed by atoms with Gasteiger partial charge in [-0.25, -0.2) is 22.4 Å². The van der Waals surface area contributed by atoms with Gasteiger partial charge in [0.25, 0.3) is 20.1 Å². The molecule has 2 aliphatic rings. The molecule has 0 spiro atoms. The van der Waals surface area contributed by atoms with Gasteiger partial charge in [0.15, 0.2) is 0 Å². The highest BCUT2D eigenvalue weighted by atomic mass is 32.2. The minimum absolute atomic E-state index is 0.120. The highest BCUT2D eigenvalue weighted by Gasteiger charge is 2.47.